The number of hydrogen-bond acceptors (Lipinski definition) is 5. The zero-order valence-electron chi connectivity index (χ0n) is 13.1. The lowest BCUT2D eigenvalue weighted by Crippen LogP contribution is -2.15. The molecule has 6 nitrogen and oxygen atoms in total. The summed E-state index contributed by atoms with van der Waals surface area (Å²) < 4.78 is 7.88. The highest BCUT2D eigenvalue weighted by Crippen LogP contribution is 2.37. The van der Waals surface area contributed by atoms with Crippen LogP contribution >= 0.6 is 0 Å². The molecular formula is C15H24N4O2. The Bertz CT molecular complexity index is 611. The first-order valence-corrected chi connectivity index (χ1v) is 7.45. The average Bonchev–Trinajstić information content (AvgIpc) is 3.02. The van der Waals surface area contributed by atoms with Gasteiger partial charge in [-0.2, -0.15) is 0 Å². The van der Waals surface area contributed by atoms with E-state index < -0.39 is 0 Å². The molecule has 0 spiro atoms. The van der Waals surface area contributed by atoms with Crippen molar-refractivity contribution in [1.29, 1.82) is 0 Å². The second kappa shape index (κ2) is 6.41. The second-order valence-electron chi connectivity index (χ2n) is 5.22. The van der Waals surface area contributed by atoms with E-state index >= 15 is 0 Å². The summed E-state index contributed by atoms with van der Waals surface area (Å²) in [7, 11) is 0. The number of anilines is 1. The molecule has 6 heteroatoms. The summed E-state index contributed by atoms with van der Waals surface area (Å²) >= 11 is 0. The maximum atomic E-state index is 9.23. The molecule has 3 N–H and O–H groups in total. The van der Waals surface area contributed by atoms with Gasteiger partial charge >= 0.3 is 0 Å². The van der Waals surface area contributed by atoms with Crippen molar-refractivity contribution in [1.82, 2.24) is 14.5 Å². The normalized spacial score (nSPS) is 24.9. The average molecular weight is 292 g/mol. The minimum absolute atomic E-state index is 0.0517. The van der Waals surface area contributed by atoms with Crippen LogP contribution in [0.3, 0.4) is 0 Å². The topological polar surface area (TPSA) is 86.2 Å². The van der Waals surface area contributed by atoms with Crippen LogP contribution in [0, 0.1) is 12.8 Å². The molecule has 21 heavy (non-hydrogen) atoms. The number of aryl methyl sites for hydroxylation is 1. The van der Waals surface area contributed by atoms with Gasteiger partial charge in [-0.3, -0.25) is 0 Å². The summed E-state index contributed by atoms with van der Waals surface area (Å²) in [6.45, 7) is 8.16. The van der Waals surface area contributed by atoms with Crippen molar-refractivity contribution in [2.75, 3.05) is 12.3 Å². The van der Waals surface area contributed by atoms with E-state index in [2.05, 4.69) is 16.9 Å². The fourth-order valence-electron chi connectivity index (χ4n) is 2.87. The molecule has 1 aliphatic rings. The SMILES string of the molecule is CC.Cc1cn(C2OC(CO)CC2C)c2ncnc(N)c12. The minimum Gasteiger partial charge on any atom is -0.394 e. The van der Waals surface area contributed by atoms with Gasteiger partial charge in [0.2, 0.25) is 0 Å². The molecule has 0 amide bonds. The number of fused-ring (bicyclic) bond motifs is 1. The minimum atomic E-state index is -0.109. The van der Waals surface area contributed by atoms with Crippen LogP contribution in [-0.2, 0) is 4.74 Å². The number of aromatic nitrogens is 3. The standard InChI is InChI=1S/C13H18N4O2.C2H6/c1-7-3-9(5-18)19-13(7)17-4-8(2)10-11(14)15-6-16-12(10)17;1-2/h4,6-7,9,13,18H,3,5H2,1-2H3,(H2,14,15,16);1-2H3. The van der Waals surface area contributed by atoms with Gasteiger partial charge in [-0.15, -0.1) is 0 Å². The molecule has 1 aliphatic heterocycles. The van der Waals surface area contributed by atoms with Gasteiger partial charge in [-0.05, 0) is 18.9 Å². The quantitative estimate of drug-likeness (QED) is 0.886. The molecule has 3 atom stereocenters. The van der Waals surface area contributed by atoms with Crippen LogP contribution in [0.25, 0.3) is 11.0 Å². The van der Waals surface area contributed by atoms with E-state index in [1.165, 1.54) is 6.33 Å². The number of aliphatic hydroxyl groups excluding tert-OH is 1. The molecule has 3 heterocycles. The lowest BCUT2D eigenvalue weighted by atomic mass is 10.1. The number of aliphatic hydroxyl groups is 1. The molecule has 2 aromatic rings. The molecule has 0 radical (unpaired) electrons. The number of nitrogens with zero attached hydrogens (tertiary/aromatic N) is 3. The maximum absolute atomic E-state index is 9.23. The van der Waals surface area contributed by atoms with E-state index in [0.29, 0.717) is 11.7 Å². The molecular weight excluding hydrogens is 268 g/mol. The van der Waals surface area contributed by atoms with Gasteiger partial charge in [0.05, 0.1) is 18.1 Å². The molecule has 1 saturated heterocycles. The van der Waals surface area contributed by atoms with E-state index in [-0.39, 0.29) is 18.9 Å². The van der Waals surface area contributed by atoms with Gasteiger partial charge in [-0.25, -0.2) is 9.97 Å². The number of nitrogen functional groups attached to an aromatic ring is 1. The highest BCUT2D eigenvalue weighted by atomic mass is 16.5. The van der Waals surface area contributed by atoms with Crippen molar-refractivity contribution in [3.8, 4) is 0 Å². The molecule has 3 rings (SSSR count). The number of nitrogens with two attached hydrogens (primary N) is 1. The van der Waals surface area contributed by atoms with Crippen LogP contribution in [0.4, 0.5) is 5.82 Å². The summed E-state index contributed by atoms with van der Waals surface area (Å²) in [5, 5.41) is 10.1. The summed E-state index contributed by atoms with van der Waals surface area (Å²) in [5.74, 6) is 0.814. The third-order valence-electron chi connectivity index (χ3n) is 3.76. The molecule has 0 bridgehead atoms. The molecule has 116 valence electrons. The van der Waals surface area contributed by atoms with Crippen LogP contribution in [0.1, 0.15) is 39.0 Å². The van der Waals surface area contributed by atoms with E-state index in [1.54, 1.807) is 0 Å². The van der Waals surface area contributed by atoms with Crippen molar-refractivity contribution in [2.45, 2.75) is 46.4 Å². The molecule has 0 saturated carbocycles. The second-order valence-corrected chi connectivity index (χ2v) is 5.22. The maximum Gasteiger partial charge on any atom is 0.147 e. The van der Waals surface area contributed by atoms with E-state index in [9.17, 15) is 5.11 Å². The number of ether oxygens (including phenoxy) is 1. The lowest BCUT2D eigenvalue weighted by Gasteiger charge is -2.18. The van der Waals surface area contributed by atoms with Gasteiger partial charge in [0.1, 0.15) is 24.0 Å². The summed E-state index contributed by atoms with van der Waals surface area (Å²) in [4.78, 5) is 8.35. The smallest absolute Gasteiger partial charge is 0.147 e. The summed E-state index contributed by atoms with van der Waals surface area (Å²) in [6.07, 6.45) is 4.10. The van der Waals surface area contributed by atoms with Crippen LogP contribution < -0.4 is 5.73 Å². The molecule has 1 fully saturated rings. The fraction of sp³-hybridized carbons (Fsp3) is 0.600. The first-order chi connectivity index (χ1) is 10.1. The van der Waals surface area contributed by atoms with Crippen molar-refractivity contribution in [3.63, 3.8) is 0 Å². The Kier molecular flexibility index (Phi) is 4.80. The highest BCUT2D eigenvalue weighted by molar-refractivity contribution is 5.89. The predicted octanol–water partition coefficient (Wildman–Crippen LogP) is 2.26. The molecule has 0 aliphatic carbocycles. The Hall–Kier alpha value is -1.66. The Morgan fingerprint density at radius 1 is 1.43 bits per heavy atom. The largest absolute Gasteiger partial charge is 0.394 e. The van der Waals surface area contributed by atoms with Gasteiger partial charge in [0.25, 0.3) is 0 Å². The summed E-state index contributed by atoms with van der Waals surface area (Å²) in [6, 6.07) is 0. The van der Waals surface area contributed by atoms with E-state index in [1.807, 2.05) is 31.5 Å². The third-order valence-corrected chi connectivity index (χ3v) is 3.76. The van der Waals surface area contributed by atoms with Crippen LogP contribution in [0.5, 0.6) is 0 Å². The van der Waals surface area contributed by atoms with Crippen molar-refractivity contribution in [2.24, 2.45) is 5.92 Å². The van der Waals surface area contributed by atoms with Gasteiger partial charge in [0, 0.05) is 12.1 Å². The molecule has 2 aromatic heterocycles. The van der Waals surface area contributed by atoms with Gasteiger partial charge in [0.15, 0.2) is 0 Å². The lowest BCUT2D eigenvalue weighted by molar-refractivity contribution is -0.0292. The Morgan fingerprint density at radius 3 is 2.76 bits per heavy atom. The van der Waals surface area contributed by atoms with E-state index in [4.69, 9.17) is 10.5 Å². The number of hydrogen-bond donors (Lipinski definition) is 2. The summed E-state index contributed by atoms with van der Waals surface area (Å²) in [5.41, 5.74) is 7.74. The monoisotopic (exact) mass is 292 g/mol. The molecule has 0 aromatic carbocycles. The first kappa shape index (κ1) is 15.7. The third kappa shape index (κ3) is 2.73. The van der Waals surface area contributed by atoms with Crippen LogP contribution in [0.2, 0.25) is 0 Å². The van der Waals surface area contributed by atoms with Crippen LogP contribution in [0.15, 0.2) is 12.5 Å². The number of rotatable bonds is 2. The van der Waals surface area contributed by atoms with Crippen molar-refractivity contribution >= 4 is 16.9 Å². The van der Waals surface area contributed by atoms with E-state index in [0.717, 1.165) is 23.0 Å². The van der Waals surface area contributed by atoms with Crippen LogP contribution in [-0.4, -0.2) is 32.4 Å². The Labute approximate surface area is 125 Å². The zero-order chi connectivity index (χ0) is 15.6. The first-order valence-electron chi connectivity index (χ1n) is 7.45. The fourth-order valence-corrected chi connectivity index (χ4v) is 2.87. The highest BCUT2D eigenvalue weighted by Gasteiger charge is 2.34. The molecule has 3 unspecified atom stereocenters. The van der Waals surface area contributed by atoms with Gasteiger partial charge < -0.3 is 20.1 Å². The van der Waals surface area contributed by atoms with Crippen molar-refractivity contribution < 1.29 is 9.84 Å². The van der Waals surface area contributed by atoms with Crippen molar-refractivity contribution in [3.05, 3.63) is 18.1 Å². The predicted molar refractivity (Wildman–Crippen MR) is 82.8 cm³/mol. The Balaban J connectivity index is 0.000000774. The zero-order valence-corrected chi connectivity index (χ0v) is 13.1. The Morgan fingerprint density at radius 2 is 2.14 bits per heavy atom. The van der Waals surface area contributed by atoms with Gasteiger partial charge in [-0.1, -0.05) is 20.8 Å².